The van der Waals surface area contributed by atoms with E-state index in [1.54, 1.807) is 0 Å². The van der Waals surface area contributed by atoms with Gasteiger partial charge in [-0.15, -0.1) is 5.10 Å². The summed E-state index contributed by atoms with van der Waals surface area (Å²) >= 11 is 0. The average Bonchev–Trinajstić information content (AvgIpc) is 3.52. The van der Waals surface area contributed by atoms with E-state index in [1.165, 1.54) is 51.4 Å². The average molecular weight is 367 g/mol. The number of rotatable bonds is 3. The van der Waals surface area contributed by atoms with Crippen molar-refractivity contribution in [3.05, 3.63) is 17.8 Å². The monoisotopic (exact) mass is 366 g/mol. The van der Waals surface area contributed by atoms with Gasteiger partial charge in [0.05, 0.1) is 11.1 Å². The van der Waals surface area contributed by atoms with E-state index >= 15 is 0 Å². The van der Waals surface area contributed by atoms with Crippen LogP contribution in [0.3, 0.4) is 0 Å². The fourth-order valence-electron chi connectivity index (χ4n) is 6.95. The molecule has 5 heteroatoms. The number of carbonyl (C=O) groups is 1. The van der Waals surface area contributed by atoms with Crippen molar-refractivity contribution in [3.63, 3.8) is 0 Å². The Labute approximate surface area is 161 Å². The summed E-state index contributed by atoms with van der Waals surface area (Å²) in [6.45, 7) is 3.45. The van der Waals surface area contributed by atoms with Crippen molar-refractivity contribution >= 4 is 11.7 Å². The van der Waals surface area contributed by atoms with Crippen LogP contribution in [0.25, 0.3) is 0 Å². The molecule has 27 heavy (non-hydrogen) atoms. The minimum Gasteiger partial charge on any atom is -0.352 e. The first kappa shape index (κ1) is 16.3. The maximum atomic E-state index is 13.5. The Morgan fingerprint density at radius 2 is 1.52 bits per heavy atom. The molecule has 1 aromatic heterocycles. The van der Waals surface area contributed by atoms with Crippen LogP contribution >= 0.6 is 0 Å². The van der Waals surface area contributed by atoms with Crippen LogP contribution in [0.4, 0.5) is 5.82 Å². The largest absolute Gasteiger partial charge is 0.352 e. The molecule has 6 aliphatic rings. The standard InChI is InChI=1S/C22H30N4O/c27-21(22-12-15-9-16(13-22)11-17(10-15)14-22)26-7-5-25(6-8-26)20-4-3-19(23-24-20)18-1-2-18/h3-4,15-18H,1-2,5-14H2. The molecule has 1 saturated heterocycles. The van der Waals surface area contributed by atoms with Gasteiger partial charge in [-0.05, 0) is 81.3 Å². The number of carbonyl (C=O) groups excluding carboxylic acids is 1. The Morgan fingerprint density at radius 3 is 2.04 bits per heavy atom. The number of nitrogens with zero attached hydrogens (tertiary/aromatic N) is 4. The van der Waals surface area contributed by atoms with Crippen LogP contribution in [0.5, 0.6) is 0 Å². The van der Waals surface area contributed by atoms with Gasteiger partial charge >= 0.3 is 0 Å². The highest BCUT2D eigenvalue weighted by Gasteiger charge is 2.55. The number of amides is 1. The molecule has 6 fully saturated rings. The molecule has 0 spiro atoms. The van der Waals surface area contributed by atoms with Crippen molar-refractivity contribution in [2.24, 2.45) is 23.2 Å². The van der Waals surface area contributed by atoms with Crippen LogP contribution in [0.2, 0.25) is 0 Å². The zero-order valence-electron chi connectivity index (χ0n) is 16.1. The number of hydrogen-bond donors (Lipinski definition) is 0. The summed E-state index contributed by atoms with van der Waals surface area (Å²) in [6.07, 6.45) is 10.2. The van der Waals surface area contributed by atoms with E-state index in [-0.39, 0.29) is 5.41 Å². The molecule has 144 valence electrons. The molecule has 5 nitrogen and oxygen atoms in total. The normalized spacial score (nSPS) is 37.7. The second-order valence-corrected chi connectivity index (χ2v) is 10.1. The summed E-state index contributed by atoms with van der Waals surface area (Å²) in [4.78, 5) is 18.0. The summed E-state index contributed by atoms with van der Waals surface area (Å²) < 4.78 is 0. The lowest BCUT2D eigenvalue weighted by atomic mass is 9.49. The van der Waals surface area contributed by atoms with Crippen LogP contribution in [-0.4, -0.2) is 47.2 Å². The molecule has 2 heterocycles. The van der Waals surface area contributed by atoms with Crippen LogP contribution in [0, 0.1) is 23.2 Å². The van der Waals surface area contributed by atoms with Crippen LogP contribution < -0.4 is 4.90 Å². The Kier molecular flexibility index (Phi) is 3.58. The third-order valence-electron chi connectivity index (χ3n) is 8.05. The van der Waals surface area contributed by atoms with Crippen LogP contribution in [0.1, 0.15) is 63.0 Å². The van der Waals surface area contributed by atoms with Crippen LogP contribution in [0.15, 0.2) is 12.1 Å². The lowest BCUT2D eigenvalue weighted by molar-refractivity contribution is -0.158. The molecule has 0 atom stereocenters. The van der Waals surface area contributed by atoms with Crippen molar-refractivity contribution in [2.45, 2.75) is 57.3 Å². The maximum absolute atomic E-state index is 13.5. The van der Waals surface area contributed by atoms with Gasteiger partial charge in [0.2, 0.25) is 5.91 Å². The molecule has 0 N–H and O–H groups in total. The fraction of sp³-hybridized carbons (Fsp3) is 0.773. The summed E-state index contributed by atoms with van der Waals surface area (Å²) in [6, 6.07) is 4.27. The Morgan fingerprint density at radius 1 is 0.889 bits per heavy atom. The molecule has 1 aliphatic heterocycles. The third kappa shape index (κ3) is 2.76. The SMILES string of the molecule is O=C(N1CCN(c2ccc(C3CC3)nn2)CC1)C12CC3CC(CC(C3)C1)C2. The molecule has 0 radical (unpaired) electrons. The molecule has 0 aromatic carbocycles. The summed E-state index contributed by atoms with van der Waals surface area (Å²) in [5.74, 6) is 4.62. The molecule has 5 saturated carbocycles. The zero-order valence-corrected chi connectivity index (χ0v) is 16.1. The fourth-order valence-corrected chi connectivity index (χ4v) is 6.95. The molecule has 0 unspecified atom stereocenters. The van der Waals surface area contributed by atoms with Gasteiger partial charge in [-0.3, -0.25) is 4.79 Å². The molecule has 5 aliphatic carbocycles. The number of piperazine rings is 1. The number of anilines is 1. The van der Waals surface area contributed by atoms with Gasteiger partial charge in [0.15, 0.2) is 5.82 Å². The summed E-state index contributed by atoms with van der Waals surface area (Å²) in [5, 5.41) is 8.89. The van der Waals surface area contributed by atoms with Gasteiger partial charge in [-0.1, -0.05) is 0 Å². The van der Waals surface area contributed by atoms with Gasteiger partial charge in [0.25, 0.3) is 0 Å². The van der Waals surface area contributed by atoms with Crippen molar-refractivity contribution in [3.8, 4) is 0 Å². The van der Waals surface area contributed by atoms with E-state index in [0.717, 1.165) is 55.4 Å². The molecular formula is C22H30N4O. The van der Waals surface area contributed by atoms with Crippen molar-refractivity contribution in [1.82, 2.24) is 15.1 Å². The lowest BCUT2D eigenvalue weighted by Gasteiger charge is -2.57. The third-order valence-corrected chi connectivity index (χ3v) is 8.05. The second-order valence-electron chi connectivity index (χ2n) is 10.1. The van der Waals surface area contributed by atoms with Gasteiger partial charge in [0, 0.05) is 32.1 Å². The Hall–Kier alpha value is -1.65. The van der Waals surface area contributed by atoms with Gasteiger partial charge in [0.1, 0.15) is 0 Å². The van der Waals surface area contributed by atoms with E-state index in [2.05, 4.69) is 32.1 Å². The number of hydrogen-bond acceptors (Lipinski definition) is 4. The molecule has 7 rings (SSSR count). The molecule has 1 aromatic rings. The first-order chi connectivity index (χ1) is 13.2. The first-order valence-corrected chi connectivity index (χ1v) is 11.1. The molecule has 4 bridgehead atoms. The van der Waals surface area contributed by atoms with E-state index in [4.69, 9.17) is 0 Å². The van der Waals surface area contributed by atoms with Gasteiger partial charge in [-0.25, -0.2) is 0 Å². The minimum absolute atomic E-state index is 0.00262. The summed E-state index contributed by atoms with van der Waals surface area (Å²) in [7, 11) is 0. The quantitative estimate of drug-likeness (QED) is 0.824. The van der Waals surface area contributed by atoms with E-state index < -0.39 is 0 Å². The lowest BCUT2D eigenvalue weighted by Crippen LogP contribution is -2.58. The topological polar surface area (TPSA) is 49.3 Å². The summed E-state index contributed by atoms with van der Waals surface area (Å²) in [5.41, 5.74) is 1.15. The zero-order chi connectivity index (χ0) is 18.0. The maximum Gasteiger partial charge on any atom is 0.228 e. The van der Waals surface area contributed by atoms with E-state index in [0.29, 0.717) is 11.8 Å². The Balaban J connectivity index is 1.12. The predicted molar refractivity (Wildman–Crippen MR) is 103 cm³/mol. The molecule has 1 amide bonds. The highest BCUT2D eigenvalue weighted by Crippen LogP contribution is 2.60. The van der Waals surface area contributed by atoms with E-state index in [9.17, 15) is 4.79 Å². The minimum atomic E-state index is 0.00262. The van der Waals surface area contributed by atoms with E-state index in [1.807, 2.05) is 0 Å². The molecular weight excluding hydrogens is 336 g/mol. The van der Waals surface area contributed by atoms with Crippen molar-refractivity contribution in [1.29, 1.82) is 0 Å². The van der Waals surface area contributed by atoms with Gasteiger partial charge < -0.3 is 9.80 Å². The second kappa shape index (κ2) is 5.92. The highest BCUT2D eigenvalue weighted by atomic mass is 16.2. The smallest absolute Gasteiger partial charge is 0.228 e. The first-order valence-electron chi connectivity index (χ1n) is 11.1. The van der Waals surface area contributed by atoms with Gasteiger partial charge in [-0.2, -0.15) is 5.10 Å². The van der Waals surface area contributed by atoms with Crippen molar-refractivity contribution < 1.29 is 4.79 Å². The predicted octanol–water partition coefficient (Wildman–Crippen LogP) is 3.22. The highest BCUT2D eigenvalue weighted by molar-refractivity contribution is 5.83. The van der Waals surface area contributed by atoms with Crippen LogP contribution in [-0.2, 0) is 4.79 Å². The van der Waals surface area contributed by atoms with Crippen molar-refractivity contribution in [2.75, 3.05) is 31.1 Å². The Bertz CT molecular complexity index is 698. The number of aromatic nitrogens is 2.